The minimum absolute atomic E-state index is 0.0537. The Kier molecular flexibility index (Phi) is 8.06. The van der Waals surface area contributed by atoms with Crippen LogP contribution in [0.3, 0.4) is 0 Å². The third-order valence-electron chi connectivity index (χ3n) is 11.6. The number of ether oxygens (including phenoxy) is 1. The zero-order chi connectivity index (χ0) is 37.7. The fourth-order valence-corrected chi connectivity index (χ4v) is 8.69. The van der Waals surface area contributed by atoms with Gasteiger partial charge in [-0.3, -0.25) is 0 Å². The van der Waals surface area contributed by atoms with Gasteiger partial charge in [0.25, 0.3) is 0 Å². The van der Waals surface area contributed by atoms with E-state index in [0.29, 0.717) is 23.4 Å². The van der Waals surface area contributed by atoms with Crippen molar-refractivity contribution < 1.29 is 4.74 Å². The molecule has 4 unspecified atom stereocenters. The highest BCUT2D eigenvalue weighted by molar-refractivity contribution is 5.87. The van der Waals surface area contributed by atoms with Crippen molar-refractivity contribution in [2.75, 3.05) is 0 Å². The maximum Gasteiger partial charge on any atom is 0.164 e. The number of para-hydroxylation sites is 1. The zero-order valence-corrected chi connectivity index (χ0v) is 31.1. The van der Waals surface area contributed by atoms with Crippen LogP contribution in [0.2, 0.25) is 0 Å². The minimum atomic E-state index is -0.197. The quantitative estimate of drug-likeness (QED) is 0.171. The SMILES string of the molecule is C1=CC2C=C(c3ccccc3)C=CC2C=C1C1=CC(c2nc(-c3ccccc3)nc(-c3ccc(-c4ccc5ccccc5c4)cc3)n2)=CC2Oc3ccccc3C12. The Bertz CT molecular complexity index is 2880. The predicted octanol–water partition coefficient (Wildman–Crippen LogP) is 12.3. The van der Waals surface area contributed by atoms with Crippen molar-refractivity contribution in [3.05, 3.63) is 228 Å². The van der Waals surface area contributed by atoms with E-state index in [1.807, 2.05) is 24.3 Å². The van der Waals surface area contributed by atoms with Gasteiger partial charge in [-0.2, -0.15) is 0 Å². The van der Waals surface area contributed by atoms with Crippen LogP contribution in [0.25, 0.3) is 55.8 Å². The third-order valence-corrected chi connectivity index (χ3v) is 11.6. The van der Waals surface area contributed by atoms with Crippen LogP contribution in [0.15, 0.2) is 211 Å². The van der Waals surface area contributed by atoms with Crippen molar-refractivity contribution in [1.82, 2.24) is 15.0 Å². The molecular formula is C53H37N3O. The van der Waals surface area contributed by atoms with Gasteiger partial charge >= 0.3 is 0 Å². The number of allylic oxidation sites excluding steroid dienone is 10. The molecule has 0 spiro atoms. The van der Waals surface area contributed by atoms with Gasteiger partial charge in [0.15, 0.2) is 17.5 Å². The van der Waals surface area contributed by atoms with Crippen LogP contribution in [0.4, 0.5) is 0 Å². The summed E-state index contributed by atoms with van der Waals surface area (Å²) in [5, 5.41) is 2.46. The Balaban J connectivity index is 0.988. The average molecular weight is 732 g/mol. The van der Waals surface area contributed by atoms with Gasteiger partial charge in [-0.25, -0.2) is 15.0 Å². The summed E-state index contributed by atoms with van der Waals surface area (Å²) in [7, 11) is 0. The van der Waals surface area contributed by atoms with E-state index in [4.69, 9.17) is 19.7 Å². The van der Waals surface area contributed by atoms with E-state index in [0.717, 1.165) is 28.0 Å². The molecule has 7 aromatic rings. The standard InChI is InChI=1S/C53H37N3O/c1-3-11-34(12-4-1)40-25-26-43-31-44(28-27-42(43)30-40)47-32-45(33-49-50(47)46-17-9-10-18-48(46)57-49)53-55-51(37-14-5-2-6-15-37)54-52(56-53)38-22-19-36(20-23-38)41-24-21-35-13-7-8-16-39(35)29-41/h1-33,42-43,49-50H. The van der Waals surface area contributed by atoms with E-state index in [-0.39, 0.29) is 17.9 Å². The van der Waals surface area contributed by atoms with Gasteiger partial charge in [0, 0.05) is 34.1 Å². The largest absolute Gasteiger partial charge is 0.485 e. The van der Waals surface area contributed by atoms with E-state index in [2.05, 4.69) is 176 Å². The van der Waals surface area contributed by atoms with Crippen LogP contribution in [-0.2, 0) is 0 Å². The summed E-state index contributed by atoms with van der Waals surface area (Å²) in [6.45, 7) is 0. The van der Waals surface area contributed by atoms with E-state index in [1.54, 1.807) is 0 Å². The molecule has 0 bridgehead atoms. The summed E-state index contributed by atoms with van der Waals surface area (Å²) in [5.41, 5.74) is 11.3. The second-order valence-corrected chi connectivity index (χ2v) is 15.1. The molecule has 57 heavy (non-hydrogen) atoms. The lowest BCUT2D eigenvalue weighted by Crippen LogP contribution is -2.24. The number of fused-ring (bicyclic) bond motifs is 5. The van der Waals surface area contributed by atoms with E-state index in [1.165, 1.54) is 44.2 Å². The topological polar surface area (TPSA) is 47.9 Å². The molecule has 2 heterocycles. The zero-order valence-electron chi connectivity index (χ0n) is 31.1. The number of hydrogen-bond acceptors (Lipinski definition) is 4. The number of hydrogen-bond donors (Lipinski definition) is 0. The highest BCUT2D eigenvalue weighted by Crippen LogP contribution is 2.50. The van der Waals surface area contributed by atoms with Crippen molar-refractivity contribution in [1.29, 1.82) is 0 Å². The van der Waals surface area contributed by atoms with Gasteiger partial charge in [0.1, 0.15) is 11.9 Å². The van der Waals surface area contributed by atoms with Crippen LogP contribution < -0.4 is 4.74 Å². The van der Waals surface area contributed by atoms with E-state index >= 15 is 0 Å². The first-order valence-corrected chi connectivity index (χ1v) is 19.7. The minimum Gasteiger partial charge on any atom is -0.485 e. The summed E-state index contributed by atoms with van der Waals surface area (Å²) in [6.07, 6.45) is 18.4. The second-order valence-electron chi connectivity index (χ2n) is 15.1. The molecule has 270 valence electrons. The van der Waals surface area contributed by atoms with Crippen LogP contribution >= 0.6 is 0 Å². The molecule has 1 aromatic heterocycles. The van der Waals surface area contributed by atoms with E-state index < -0.39 is 0 Å². The van der Waals surface area contributed by atoms with Crippen molar-refractivity contribution >= 4 is 21.9 Å². The van der Waals surface area contributed by atoms with Crippen molar-refractivity contribution in [3.63, 3.8) is 0 Å². The van der Waals surface area contributed by atoms with Crippen molar-refractivity contribution in [2.24, 2.45) is 11.8 Å². The summed E-state index contributed by atoms with van der Waals surface area (Å²) in [4.78, 5) is 15.4. The molecule has 11 rings (SSSR count). The molecule has 4 atom stereocenters. The van der Waals surface area contributed by atoms with Crippen molar-refractivity contribution in [3.8, 4) is 39.7 Å². The smallest absolute Gasteiger partial charge is 0.164 e. The number of rotatable bonds is 6. The molecule has 6 aromatic carbocycles. The molecule has 0 fully saturated rings. The van der Waals surface area contributed by atoms with Crippen LogP contribution in [0.5, 0.6) is 5.75 Å². The monoisotopic (exact) mass is 731 g/mol. The summed E-state index contributed by atoms with van der Waals surface area (Å²) in [6, 6.07) is 52.9. The first-order valence-electron chi connectivity index (χ1n) is 19.7. The van der Waals surface area contributed by atoms with Crippen LogP contribution in [0.1, 0.15) is 22.9 Å². The maximum atomic E-state index is 6.70. The highest BCUT2D eigenvalue weighted by Gasteiger charge is 2.40. The van der Waals surface area contributed by atoms with Gasteiger partial charge < -0.3 is 4.74 Å². The average Bonchev–Trinajstić information content (AvgIpc) is 3.67. The number of benzene rings is 6. The van der Waals surface area contributed by atoms with Crippen LogP contribution in [-0.4, -0.2) is 21.1 Å². The van der Waals surface area contributed by atoms with Gasteiger partial charge in [-0.1, -0.05) is 176 Å². The molecule has 0 saturated heterocycles. The van der Waals surface area contributed by atoms with Gasteiger partial charge in [0.2, 0.25) is 0 Å². The molecule has 1 aliphatic heterocycles. The molecule has 0 amide bonds. The first kappa shape index (κ1) is 33.2. The fraction of sp³-hybridized carbons (Fsp3) is 0.0755. The normalized spacial score (nSPS) is 20.4. The molecule has 3 aliphatic carbocycles. The van der Waals surface area contributed by atoms with E-state index in [9.17, 15) is 0 Å². The lowest BCUT2D eigenvalue weighted by molar-refractivity contribution is 0.266. The lowest BCUT2D eigenvalue weighted by Gasteiger charge is -2.30. The highest BCUT2D eigenvalue weighted by atomic mass is 16.5. The lowest BCUT2D eigenvalue weighted by atomic mass is 9.74. The fourth-order valence-electron chi connectivity index (χ4n) is 8.69. The summed E-state index contributed by atoms with van der Waals surface area (Å²) < 4.78 is 6.70. The third kappa shape index (κ3) is 6.16. The Morgan fingerprint density at radius 1 is 0.421 bits per heavy atom. The molecule has 0 radical (unpaired) electrons. The van der Waals surface area contributed by atoms with Gasteiger partial charge in [0.05, 0.1) is 5.92 Å². The molecule has 4 aliphatic rings. The molecule has 4 heteroatoms. The van der Waals surface area contributed by atoms with Crippen molar-refractivity contribution in [2.45, 2.75) is 12.0 Å². The second kappa shape index (κ2) is 13.8. The molecule has 0 saturated carbocycles. The molecule has 4 nitrogen and oxygen atoms in total. The Morgan fingerprint density at radius 3 is 1.77 bits per heavy atom. The Labute approximate surface area is 332 Å². The number of nitrogens with zero attached hydrogens (tertiary/aromatic N) is 3. The molecular weight excluding hydrogens is 695 g/mol. The molecule has 0 N–H and O–H groups in total. The Morgan fingerprint density at radius 2 is 1.00 bits per heavy atom. The predicted molar refractivity (Wildman–Crippen MR) is 231 cm³/mol. The van der Waals surface area contributed by atoms with Gasteiger partial charge in [-0.15, -0.1) is 0 Å². The summed E-state index contributed by atoms with van der Waals surface area (Å²) in [5.74, 6) is 3.42. The Hall–Kier alpha value is -7.17. The van der Waals surface area contributed by atoms with Gasteiger partial charge in [-0.05, 0) is 68.5 Å². The summed E-state index contributed by atoms with van der Waals surface area (Å²) >= 11 is 0. The number of aromatic nitrogens is 3. The van der Waals surface area contributed by atoms with Crippen LogP contribution in [0, 0.1) is 11.8 Å². The first-order chi connectivity index (χ1) is 28.2. The maximum absolute atomic E-state index is 6.70.